The van der Waals surface area contributed by atoms with Gasteiger partial charge in [-0.2, -0.15) is 0 Å². The summed E-state index contributed by atoms with van der Waals surface area (Å²) in [5.41, 5.74) is 5.16. The maximum absolute atomic E-state index is 12.8. The van der Waals surface area contributed by atoms with Crippen molar-refractivity contribution in [3.63, 3.8) is 0 Å². The molecule has 0 saturated heterocycles. The van der Waals surface area contributed by atoms with Crippen molar-refractivity contribution in [1.82, 2.24) is 20.3 Å². The third kappa shape index (κ3) is 4.75. The van der Waals surface area contributed by atoms with Gasteiger partial charge >= 0.3 is 0 Å². The number of amides is 1. The predicted molar refractivity (Wildman–Crippen MR) is 117 cm³/mol. The summed E-state index contributed by atoms with van der Waals surface area (Å²) in [5.74, 6) is 1.20. The Bertz CT molecular complexity index is 1090. The van der Waals surface area contributed by atoms with Crippen molar-refractivity contribution >= 4 is 17.2 Å². The molecule has 0 spiro atoms. The number of ether oxygens (including phenoxy) is 1. The lowest BCUT2D eigenvalue weighted by atomic mass is 10.1. The average molecular weight is 419 g/mol. The van der Waals surface area contributed by atoms with Crippen LogP contribution in [0.3, 0.4) is 0 Å². The number of hydrogen-bond donors (Lipinski definition) is 2. The number of H-pyrrole nitrogens is 1. The molecule has 2 aromatic heterocycles. The van der Waals surface area contributed by atoms with Crippen LogP contribution in [0.4, 0.5) is 0 Å². The number of hydrogen-bond acceptors (Lipinski definition) is 5. The van der Waals surface area contributed by atoms with Crippen molar-refractivity contribution in [1.29, 1.82) is 0 Å². The molecule has 0 fully saturated rings. The summed E-state index contributed by atoms with van der Waals surface area (Å²) < 4.78 is 5.76. The van der Waals surface area contributed by atoms with Crippen molar-refractivity contribution in [3.05, 3.63) is 88.8 Å². The van der Waals surface area contributed by atoms with E-state index >= 15 is 0 Å². The van der Waals surface area contributed by atoms with E-state index in [2.05, 4.69) is 20.3 Å². The summed E-state index contributed by atoms with van der Waals surface area (Å²) in [6, 6.07) is 16.9. The Kier molecular flexibility index (Phi) is 6.20. The molecule has 0 aliphatic carbocycles. The summed E-state index contributed by atoms with van der Waals surface area (Å²) in [6.45, 7) is 2.39. The normalized spacial score (nSPS) is 11.8. The second-order valence-corrected chi connectivity index (χ2v) is 7.50. The largest absolute Gasteiger partial charge is 0.487 e. The Balaban J connectivity index is 1.43. The van der Waals surface area contributed by atoms with Gasteiger partial charge in [0.1, 0.15) is 18.2 Å². The molecule has 6 nitrogen and oxygen atoms in total. The van der Waals surface area contributed by atoms with E-state index in [0.717, 1.165) is 22.8 Å². The van der Waals surface area contributed by atoms with Gasteiger partial charge in [-0.1, -0.05) is 43.3 Å². The van der Waals surface area contributed by atoms with Gasteiger partial charge in [-0.25, -0.2) is 9.97 Å². The zero-order valence-corrected chi connectivity index (χ0v) is 17.4. The van der Waals surface area contributed by atoms with Crippen LogP contribution in [0.2, 0.25) is 0 Å². The number of carbonyl (C=O) groups is 1. The van der Waals surface area contributed by atoms with Crippen LogP contribution in [-0.4, -0.2) is 20.9 Å². The van der Waals surface area contributed by atoms with Crippen LogP contribution in [0.5, 0.6) is 5.75 Å². The van der Waals surface area contributed by atoms with E-state index < -0.39 is 0 Å². The van der Waals surface area contributed by atoms with Gasteiger partial charge in [-0.3, -0.25) is 4.79 Å². The van der Waals surface area contributed by atoms with Crippen LogP contribution in [0, 0.1) is 0 Å². The van der Waals surface area contributed by atoms with Crippen LogP contribution in [0.15, 0.2) is 71.7 Å². The fourth-order valence-corrected chi connectivity index (χ4v) is 3.62. The van der Waals surface area contributed by atoms with Gasteiger partial charge in [0.25, 0.3) is 5.91 Å². The third-order valence-corrected chi connectivity index (χ3v) is 5.33. The molecule has 4 rings (SSSR count). The first-order valence-electron chi connectivity index (χ1n) is 9.74. The number of imidazole rings is 1. The molecule has 1 atom stereocenters. The van der Waals surface area contributed by atoms with Crippen molar-refractivity contribution < 1.29 is 9.53 Å². The second-order valence-electron chi connectivity index (χ2n) is 6.78. The SMILES string of the molecule is CCC(NC(=O)c1cccc(OCc2cscn2)c1)c1ncc(-c2ccccc2)[nH]1. The molecule has 2 aromatic carbocycles. The van der Waals surface area contributed by atoms with E-state index in [1.165, 1.54) is 11.3 Å². The molecule has 2 heterocycles. The molecular weight excluding hydrogens is 396 g/mol. The lowest BCUT2D eigenvalue weighted by Gasteiger charge is -2.15. The number of aromatic nitrogens is 3. The molecule has 7 heteroatoms. The lowest BCUT2D eigenvalue weighted by Crippen LogP contribution is -2.28. The zero-order valence-electron chi connectivity index (χ0n) is 16.5. The smallest absolute Gasteiger partial charge is 0.252 e. The first kappa shape index (κ1) is 19.8. The third-order valence-electron chi connectivity index (χ3n) is 4.69. The van der Waals surface area contributed by atoms with Crippen molar-refractivity contribution in [2.24, 2.45) is 0 Å². The zero-order chi connectivity index (χ0) is 20.8. The number of nitrogens with one attached hydrogen (secondary N) is 2. The minimum absolute atomic E-state index is 0.168. The summed E-state index contributed by atoms with van der Waals surface area (Å²) in [7, 11) is 0. The van der Waals surface area contributed by atoms with Crippen molar-refractivity contribution in [2.45, 2.75) is 26.0 Å². The fourth-order valence-electron chi connectivity index (χ4n) is 3.08. The van der Waals surface area contributed by atoms with Crippen LogP contribution < -0.4 is 10.1 Å². The molecule has 0 aliphatic rings. The van der Waals surface area contributed by atoms with Crippen LogP contribution in [-0.2, 0) is 6.61 Å². The van der Waals surface area contributed by atoms with Gasteiger partial charge in [0.2, 0.25) is 0 Å². The van der Waals surface area contributed by atoms with E-state index in [0.29, 0.717) is 24.3 Å². The number of benzene rings is 2. The molecule has 152 valence electrons. The summed E-state index contributed by atoms with van der Waals surface area (Å²) in [4.78, 5) is 24.8. The summed E-state index contributed by atoms with van der Waals surface area (Å²) in [5, 5.41) is 5.00. The van der Waals surface area contributed by atoms with Crippen LogP contribution >= 0.6 is 11.3 Å². The van der Waals surface area contributed by atoms with E-state index in [1.54, 1.807) is 23.8 Å². The highest BCUT2D eigenvalue weighted by molar-refractivity contribution is 7.07. The van der Waals surface area contributed by atoms with E-state index in [1.807, 2.05) is 54.8 Å². The molecule has 0 saturated carbocycles. The number of thiazole rings is 1. The van der Waals surface area contributed by atoms with Gasteiger partial charge in [0.15, 0.2) is 0 Å². The van der Waals surface area contributed by atoms with E-state index in [-0.39, 0.29) is 11.9 Å². The molecule has 30 heavy (non-hydrogen) atoms. The van der Waals surface area contributed by atoms with Crippen molar-refractivity contribution in [3.8, 4) is 17.0 Å². The molecule has 0 radical (unpaired) electrons. The number of aromatic amines is 1. The first-order chi connectivity index (χ1) is 14.7. The topological polar surface area (TPSA) is 79.9 Å². The molecular formula is C23H22N4O2S. The Morgan fingerprint density at radius 1 is 1.17 bits per heavy atom. The summed E-state index contributed by atoms with van der Waals surface area (Å²) >= 11 is 1.53. The predicted octanol–water partition coefficient (Wildman–Crippen LogP) is 4.99. The van der Waals surface area contributed by atoms with Gasteiger partial charge < -0.3 is 15.0 Å². The minimum atomic E-state index is -0.213. The molecule has 2 N–H and O–H groups in total. The van der Waals surface area contributed by atoms with Crippen molar-refractivity contribution in [2.75, 3.05) is 0 Å². The number of rotatable bonds is 8. The van der Waals surface area contributed by atoms with Crippen LogP contribution in [0.1, 0.15) is 41.3 Å². The molecule has 4 aromatic rings. The Morgan fingerprint density at radius 2 is 2.03 bits per heavy atom. The van der Waals surface area contributed by atoms with Gasteiger partial charge in [-0.15, -0.1) is 11.3 Å². The maximum atomic E-state index is 12.8. The summed E-state index contributed by atoms with van der Waals surface area (Å²) in [6.07, 6.45) is 2.51. The minimum Gasteiger partial charge on any atom is -0.487 e. The standard InChI is InChI=1S/C23H22N4O2S/c1-2-20(22-24-12-21(26-22)16-7-4-3-5-8-16)27-23(28)17-9-6-10-19(11-17)29-13-18-14-30-15-25-18/h3-12,14-15,20H,2,13H2,1H3,(H,24,26)(H,27,28). The highest BCUT2D eigenvalue weighted by Gasteiger charge is 2.18. The quantitative estimate of drug-likeness (QED) is 0.422. The Morgan fingerprint density at radius 3 is 2.80 bits per heavy atom. The first-order valence-corrected chi connectivity index (χ1v) is 10.7. The maximum Gasteiger partial charge on any atom is 0.252 e. The Hall–Kier alpha value is -3.45. The number of nitrogens with zero attached hydrogens (tertiary/aromatic N) is 2. The highest BCUT2D eigenvalue weighted by Crippen LogP contribution is 2.21. The molecule has 0 aliphatic heterocycles. The monoisotopic (exact) mass is 418 g/mol. The molecule has 0 bridgehead atoms. The highest BCUT2D eigenvalue weighted by atomic mass is 32.1. The molecule has 1 unspecified atom stereocenters. The second kappa shape index (κ2) is 9.37. The van der Waals surface area contributed by atoms with Crippen LogP contribution in [0.25, 0.3) is 11.3 Å². The van der Waals surface area contributed by atoms with E-state index in [4.69, 9.17) is 4.74 Å². The number of carbonyl (C=O) groups excluding carboxylic acids is 1. The lowest BCUT2D eigenvalue weighted by molar-refractivity contribution is 0.0933. The average Bonchev–Trinajstić information content (AvgIpc) is 3.49. The van der Waals surface area contributed by atoms with Gasteiger partial charge in [0.05, 0.1) is 29.1 Å². The Labute approximate surface area is 179 Å². The van der Waals surface area contributed by atoms with Gasteiger partial charge in [-0.05, 0) is 30.2 Å². The molecule has 1 amide bonds. The van der Waals surface area contributed by atoms with E-state index in [9.17, 15) is 4.79 Å². The van der Waals surface area contributed by atoms with Gasteiger partial charge in [0, 0.05) is 10.9 Å². The fraction of sp³-hybridized carbons (Fsp3) is 0.174.